The van der Waals surface area contributed by atoms with Crippen molar-refractivity contribution in [2.45, 2.75) is 38.8 Å². The highest BCUT2D eigenvalue weighted by Gasteiger charge is 2.22. The molecular formula is C13H19NO. The van der Waals surface area contributed by atoms with Crippen molar-refractivity contribution in [1.29, 1.82) is 0 Å². The molecule has 15 heavy (non-hydrogen) atoms. The standard InChI is InChI=1S/C13H19NO/c1-10-6-3-4-8-13(10)15-11(2)12-7-5-9-14-12/h3-4,6,8,11-12,14H,5,7,9H2,1-2H3. The molecule has 1 saturated heterocycles. The smallest absolute Gasteiger partial charge is 0.122 e. The molecule has 0 amide bonds. The summed E-state index contributed by atoms with van der Waals surface area (Å²) in [6.45, 7) is 5.37. The van der Waals surface area contributed by atoms with Gasteiger partial charge in [-0.2, -0.15) is 0 Å². The summed E-state index contributed by atoms with van der Waals surface area (Å²) in [5.74, 6) is 1.01. The minimum atomic E-state index is 0.258. The lowest BCUT2D eigenvalue weighted by molar-refractivity contribution is 0.179. The number of benzene rings is 1. The molecule has 1 aliphatic heterocycles. The monoisotopic (exact) mass is 205 g/mol. The van der Waals surface area contributed by atoms with Crippen molar-refractivity contribution in [3.63, 3.8) is 0 Å². The van der Waals surface area contributed by atoms with Crippen LogP contribution in [0.5, 0.6) is 5.75 Å². The van der Waals surface area contributed by atoms with E-state index in [1.165, 1.54) is 18.4 Å². The molecule has 2 atom stereocenters. The van der Waals surface area contributed by atoms with Crippen LogP contribution < -0.4 is 10.1 Å². The highest BCUT2D eigenvalue weighted by atomic mass is 16.5. The molecule has 0 aromatic heterocycles. The molecule has 2 nitrogen and oxygen atoms in total. The van der Waals surface area contributed by atoms with Gasteiger partial charge in [-0.1, -0.05) is 18.2 Å². The van der Waals surface area contributed by atoms with Gasteiger partial charge in [0.15, 0.2) is 0 Å². The van der Waals surface area contributed by atoms with Crippen molar-refractivity contribution in [3.05, 3.63) is 29.8 Å². The van der Waals surface area contributed by atoms with Crippen molar-refractivity contribution in [3.8, 4) is 5.75 Å². The highest BCUT2D eigenvalue weighted by Crippen LogP contribution is 2.20. The maximum atomic E-state index is 5.97. The Hall–Kier alpha value is -1.02. The van der Waals surface area contributed by atoms with Crippen LogP contribution in [0.1, 0.15) is 25.3 Å². The van der Waals surface area contributed by atoms with Gasteiger partial charge in [0.05, 0.1) is 0 Å². The lowest BCUT2D eigenvalue weighted by atomic mass is 10.1. The van der Waals surface area contributed by atoms with E-state index in [1.54, 1.807) is 0 Å². The van der Waals surface area contributed by atoms with E-state index < -0.39 is 0 Å². The van der Waals surface area contributed by atoms with Crippen molar-refractivity contribution in [1.82, 2.24) is 5.32 Å². The fourth-order valence-electron chi connectivity index (χ4n) is 2.08. The zero-order valence-corrected chi connectivity index (χ0v) is 9.49. The zero-order chi connectivity index (χ0) is 10.7. The number of hydrogen-bond donors (Lipinski definition) is 1. The van der Waals surface area contributed by atoms with E-state index in [9.17, 15) is 0 Å². The van der Waals surface area contributed by atoms with E-state index in [0.29, 0.717) is 6.04 Å². The largest absolute Gasteiger partial charge is 0.489 e. The molecule has 1 N–H and O–H groups in total. The van der Waals surface area contributed by atoms with Crippen molar-refractivity contribution in [2.24, 2.45) is 0 Å². The van der Waals surface area contributed by atoms with Gasteiger partial charge in [0.2, 0.25) is 0 Å². The third-order valence-electron chi connectivity index (χ3n) is 3.07. The average Bonchev–Trinajstić information content (AvgIpc) is 2.74. The Morgan fingerprint density at radius 1 is 1.40 bits per heavy atom. The number of aryl methyl sites for hydroxylation is 1. The second kappa shape index (κ2) is 4.67. The zero-order valence-electron chi connectivity index (χ0n) is 9.49. The minimum Gasteiger partial charge on any atom is -0.489 e. The van der Waals surface area contributed by atoms with Crippen molar-refractivity contribution < 1.29 is 4.74 Å². The number of hydrogen-bond acceptors (Lipinski definition) is 2. The molecule has 2 rings (SSSR count). The third-order valence-corrected chi connectivity index (χ3v) is 3.07. The van der Waals surface area contributed by atoms with E-state index >= 15 is 0 Å². The summed E-state index contributed by atoms with van der Waals surface area (Å²) < 4.78 is 5.97. The molecule has 0 saturated carbocycles. The summed E-state index contributed by atoms with van der Waals surface area (Å²) in [6, 6.07) is 8.72. The van der Waals surface area contributed by atoms with Gasteiger partial charge in [-0.25, -0.2) is 0 Å². The highest BCUT2D eigenvalue weighted by molar-refractivity contribution is 5.32. The molecule has 0 bridgehead atoms. The van der Waals surface area contributed by atoms with Crippen LogP contribution in [0.4, 0.5) is 0 Å². The van der Waals surface area contributed by atoms with Gasteiger partial charge in [-0.15, -0.1) is 0 Å². The van der Waals surface area contributed by atoms with E-state index in [-0.39, 0.29) is 6.10 Å². The maximum Gasteiger partial charge on any atom is 0.122 e. The Morgan fingerprint density at radius 2 is 2.20 bits per heavy atom. The van der Waals surface area contributed by atoms with Gasteiger partial charge in [-0.3, -0.25) is 0 Å². The summed E-state index contributed by atoms with van der Waals surface area (Å²) in [5, 5.41) is 3.47. The molecule has 1 fully saturated rings. The predicted octanol–water partition coefficient (Wildman–Crippen LogP) is 2.51. The lowest BCUT2D eigenvalue weighted by Gasteiger charge is -2.22. The molecule has 1 aliphatic rings. The summed E-state index contributed by atoms with van der Waals surface area (Å²) in [7, 11) is 0. The Morgan fingerprint density at radius 3 is 2.87 bits per heavy atom. The number of para-hydroxylation sites is 1. The molecule has 1 aromatic carbocycles. The third kappa shape index (κ3) is 2.51. The number of rotatable bonds is 3. The SMILES string of the molecule is Cc1ccccc1OC(C)C1CCCN1. The lowest BCUT2D eigenvalue weighted by Crippen LogP contribution is -2.36. The first kappa shape index (κ1) is 10.5. The summed E-state index contributed by atoms with van der Waals surface area (Å²) in [5.41, 5.74) is 1.21. The average molecular weight is 205 g/mol. The quantitative estimate of drug-likeness (QED) is 0.818. The Kier molecular flexibility index (Phi) is 3.27. The molecular weight excluding hydrogens is 186 g/mol. The van der Waals surface area contributed by atoms with Crippen LogP contribution in [0.15, 0.2) is 24.3 Å². The molecule has 1 aromatic rings. The van der Waals surface area contributed by atoms with Gasteiger partial charge in [-0.05, 0) is 44.9 Å². The topological polar surface area (TPSA) is 21.3 Å². The normalized spacial score (nSPS) is 22.7. The van der Waals surface area contributed by atoms with E-state index in [0.717, 1.165) is 12.3 Å². The first-order valence-electron chi connectivity index (χ1n) is 5.73. The van der Waals surface area contributed by atoms with Crippen LogP contribution in [-0.2, 0) is 0 Å². The summed E-state index contributed by atoms with van der Waals surface area (Å²) >= 11 is 0. The van der Waals surface area contributed by atoms with Crippen molar-refractivity contribution in [2.75, 3.05) is 6.54 Å². The van der Waals surface area contributed by atoms with Crippen LogP contribution >= 0.6 is 0 Å². The fraction of sp³-hybridized carbons (Fsp3) is 0.538. The second-order valence-electron chi connectivity index (χ2n) is 4.29. The maximum absolute atomic E-state index is 5.97. The van der Waals surface area contributed by atoms with Gasteiger partial charge >= 0.3 is 0 Å². The molecule has 0 spiro atoms. The fourth-order valence-corrected chi connectivity index (χ4v) is 2.08. The molecule has 0 radical (unpaired) electrons. The summed E-state index contributed by atoms with van der Waals surface area (Å²) in [6.07, 6.45) is 2.76. The van der Waals surface area contributed by atoms with E-state index in [4.69, 9.17) is 4.74 Å². The Labute approximate surface area is 91.6 Å². The number of nitrogens with one attached hydrogen (secondary N) is 1. The molecule has 2 unspecified atom stereocenters. The second-order valence-corrected chi connectivity index (χ2v) is 4.29. The van der Waals surface area contributed by atoms with Crippen LogP contribution in [-0.4, -0.2) is 18.7 Å². The Bertz CT molecular complexity index is 318. The van der Waals surface area contributed by atoms with Crippen LogP contribution in [0, 0.1) is 6.92 Å². The van der Waals surface area contributed by atoms with E-state index in [2.05, 4.69) is 25.2 Å². The first-order chi connectivity index (χ1) is 7.27. The number of ether oxygens (including phenoxy) is 1. The van der Waals surface area contributed by atoms with Gasteiger partial charge in [0, 0.05) is 6.04 Å². The van der Waals surface area contributed by atoms with Gasteiger partial charge in [0.1, 0.15) is 11.9 Å². The molecule has 82 valence electrons. The van der Waals surface area contributed by atoms with Crippen LogP contribution in [0.25, 0.3) is 0 Å². The van der Waals surface area contributed by atoms with Gasteiger partial charge < -0.3 is 10.1 Å². The Balaban J connectivity index is 1.99. The van der Waals surface area contributed by atoms with Crippen LogP contribution in [0.3, 0.4) is 0 Å². The molecule has 1 heterocycles. The minimum absolute atomic E-state index is 0.258. The molecule has 0 aliphatic carbocycles. The summed E-state index contributed by atoms with van der Waals surface area (Å²) in [4.78, 5) is 0. The first-order valence-corrected chi connectivity index (χ1v) is 5.73. The molecule has 2 heteroatoms. The van der Waals surface area contributed by atoms with Crippen molar-refractivity contribution >= 4 is 0 Å². The van der Waals surface area contributed by atoms with Crippen LogP contribution in [0.2, 0.25) is 0 Å². The van der Waals surface area contributed by atoms with E-state index in [1.807, 2.05) is 18.2 Å². The predicted molar refractivity (Wildman–Crippen MR) is 62.3 cm³/mol. The van der Waals surface area contributed by atoms with Gasteiger partial charge in [0.25, 0.3) is 0 Å².